The summed E-state index contributed by atoms with van der Waals surface area (Å²) in [6.45, 7) is 0.879. The molecule has 2 rings (SSSR count). The Kier molecular flexibility index (Phi) is 4.17. The number of hydrogen-bond donors (Lipinski definition) is 1. The molecule has 0 saturated carbocycles. The molecule has 1 aliphatic rings. The fourth-order valence-electron chi connectivity index (χ4n) is 1.91. The Morgan fingerprint density at radius 3 is 2.88 bits per heavy atom. The summed E-state index contributed by atoms with van der Waals surface area (Å²) in [4.78, 5) is 8.11. The van der Waals surface area contributed by atoms with Gasteiger partial charge in [-0.1, -0.05) is 23.3 Å². The van der Waals surface area contributed by atoms with Gasteiger partial charge in [0.15, 0.2) is 11.0 Å². The highest BCUT2D eigenvalue weighted by atomic mass is 35.5. The molecule has 0 unspecified atom stereocenters. The van der Waals surface area contributed by atoms with Crippen molar-refractivity contribution < 1.29 is 0 Å². The second kappa shape index (κ2) is 5.85. The average molecular weight is 238 g/mol. The van der Waals surface area contributed by atoms with Crippen molar-refractivity contribution in [1.29, 1.82) is 0 Å². The second-order valence-electron chi connectivity index (χ2n) is 3.98. The van der Waals surface area contributed by atoms with E-state index in [4.69, 9.17) is 11.6 Å². The normalized spacial score (nSPS) is 15.7. The first kappa shape index (κ1) is 11.4. The van der Waals surface area contributed by atoms with Crippen LogP contribution < -0.4 is 5.32 Å². The van der Waals surface area contributed by atoms with Crippen molar-refractivity contribution in [3.8, 4) is 0 Å². The van der Waals surface area contributed by atoms with E-state index in [2.05, 4.69) is 21.4 Å². The zero-order valence-corrected chi connectivity index (χ0v) is 10.0. The molecule has 0 bridgehead atoms. The van der Waals surface area contributed by atoms with Crippen molar-refractivity contribution in [2.45, 2.75) is 32.1 Å². The molecule has 0 fully saturated rings. The van der Waals surface area contributed by atoms with Crippen LogP contribution in [0, 0.1) is 0 Å². The quantitative estimate of drug-likeness (QED) is 0.816. The van der Waals surface area contributed by atoms with Crippen LogP contribution in [0.25, 0.3) is 0 Å². The van der Waals surface area contributed by atoms with E-state index in [1.165, 1.54) is 25.7 Å². The van der Waals surface area contributed by atoms with E-state index in [1.807, 2.05) is 0 Å². The number of aromatic nitrogens is 2. The lowest BCUT2D eigenvalue weighted by molar-refractivity contribution is 0.679. The molecular weight excluding hydrogens is 222 g/mol. The summed E-state index contributed by atoms with van der Waals surface area (Å²) in [6.07, 6.45) is 11.8. The third-order valence-corrected chi connectivity index (χ3v) is 3.05. The summed E-state index contributed by atoms with van der Waals surface area (Å²) in [7, 11) is 0. The monoisotopic (exact) mass is 237 g/mol. The minimum Gasteiger partial charge on any atom is -0.367 e. The summed E-state index contributed by atoms with van der Waals surface area (Å²) >= 11 is 5.90. The maximum atomic E-state index is 5.90. The molecule has 1 N–H and O–H groups in total. The van der Waals surface area contributed by atoms with Crippen molar-refractivity contribution in [2.24, 2.45) is 0 Å². The van der Waals surface area contributed by atoms with Crippen LogP contribution in [0.3, 0.4) is 0 Å². The zero-order chi connectivity index (χ0) is 11.2. The van der Waals surface area contributed by atoms with Gasteiger partial charge in [0.1, 0.15) is 0 Å². The van der Waals surface area contributed by atoms with E-state index in [0.717, 1.165) is 13.0 Å². The van der Waals surface area contributed by atoms with E-state index in [9.17, 15) is 0 Å². The second-order valence-corrected chi connectivity index (χ2v) is 4.34. The fraction of sp³-hybridized carbons (Fsp3) is 0.500. The minimum absolute atomic E-state index is 0.445. The van der Waals surface area contributed by atoms with Gasteiger partial charge in [0, 0.05) is 18.9 Å². The molecule has 0 saturated heterocycles. The van der Waals surface area contributed by atoms with Gasteiger partial charge in [-0.15, -0.1) is 0 Å². The molecule has 0 atom stereocenters. The largest absolute Gasteiger partial charge is 0.367 e. The predicted octanol–water partition coefficient (Wildman–Crippen LogP) is 3.43. The van der Waals surface area contributed by atoms with Crippen LogP contribution >= 0.6 is 11.6 Å². The lowest BCUT2D eigenvalue weighted by atomic mass is 9.97. The summed E-state index contributed by atoms with van der Waals surface area (Å²) in [5, 5.41) is 3.66. The lowest BCUT2D eigenvalue weighted by Crippen LogP contribution is -2.06. The van der Waals surface area contributed by atoms with Gasteiger partial charge in [-0.2, -0.15) is 0 Å². The summed E-state index contributed by atoms with van der Waals surface area (Å²) in [5.41, 5.74) is 1.55. The van der Waals surface area contributed by atoms with Gasteiger partial charge in [0.2, 0.25) is 0 Å². The molecule has 4 heteroatoms. The Hall–Kier alpha value is -1.09. The van der Waals surface area contributed by atoms with Crippen LogP contribution in [0.5, 0.6) is 0 Å². The predicted molar refractivity (Wildman–Crippen MR) is 66.7 cm³/mol. The minimum atomic E-state index is 0.445. The number of nitrogens with zero attached hydrogens (tertiary/aromatic N) is 2. The SMILES string of the molecule is Clc1nccnc1NCCC1=CCCCC1. The lowest BCUT2D eigenvalue weighted by Gasteiger charge is -2.13. The first-order valence-electron chi connectivity index (χ1n) is 5.74. The maximum absolute atomic E-state index is 5.90. The topological polar surface area (TPSA) is 37.8 Å². The van der Waals surface area contributed by atoms with Gasteiger partial charge in [0.25, 0.3) is 0 Å². The molecule has 1 aromatic rings. The number of rotatable bonds is 4. The van der Waals surface area contributed by atoms with Gasteiger partial charge in [0.05, 0.1) is 0 Å². The van der Waals surface area contributed by atoms with Crippen LogP contribution in [-0.2, 0) is 0 Å². The molecule has 0 aliphatic heterocycles. The Morgan fingerprint density at radius 1 is 1.25 bits per heavy atom. The third-order valence-electron chi connectivity index (χ3n) is 2.78. The van der Waals surface area contributed by atoms with Gasteiger partial charge >= 0.3 is 0 Å². The number of allylic oxidation sites excluding steroid dienone is 1. The first-order chi connectivity index (χ1) is 7.86. The van der Waals surface area contributed by atoms with Crippen LogP contribution in [0.2, 0.25) is 5.15 Å². The van der Waals surface area contributed by atoms with Crippen molar-refractivity contribution in [1.82, 2.24) is 9.97 Å². The third kappa shape index (κ3) is 3.20. The van der Waals surface area contributed by atoms with Gasteiger partial charge in [-0.25, -0.2) is 9.97 Å². The summed E-state index contributed by atoms with van der Waals surface area (Å²) in [5.74, 6) is 0.681. The van der Waals surface area contributed by atoms with Gasteiger partial charge < -0.3 is 5.32 Å². The molecule has 1 aromatic heterocycles. The Bertz CT molecular complexity index is 376. The average Bonchev–Trinajstić information content (AvgIpc) is 2.33. The van der Waals surface area contributed by atoms with E-state index in [-0.39, 0.29) is 0 Å². The van der Waals surface area contributed by atoms with E-state index >= 15 is 0 Å². The van der Waals surface area contributed by atoms with Crippen LogP contribution in [-0.4, -0.2) is 16.5 Å². The Morgan fingerprint density at radius 2 is 2.12 bits per heavy atom. The molecule has 1 heterocycles. The highest BCUT2D eigenvalue weighted by molar-refractivity contribution is 6.31. The molecule has 0 radical (unpaired) electrons. The van der Waals surface area contributed by atoms with Gasteiger partial charge in [-0.3, -0.25) is 0 Å². The number of halogens is 1. The standard InChI is InChI=1S/C12H16ClN3/c13-11-12(16-9-8-14-11)15-7-6-10-4-2-1-3-5-10/h4,8-9H,1-3,5-7H2,(H,15,16). The molecule has 0 amide bonds. The molecule has 0 spiro atoms. The van der Waals surface area contributed by atoms with Gasteiger partial charge in [-0.05, 0) is 32.1 Å². The maximum Gasteiger partial charge on any atom is 0.171 e. The summed E-state index contributed by atoms with van der Waals surface area (Å²) < 4.78 is 0. The van der Waals surface area contributed by atoms with E-state index in [1.54, 1.807) is 18.0 Å². The molecule has 16 heavy (non-hydrogen) atoms. The van der Waals surface area contributed by atoms with Crippen molar-refractivity contribution >= 4 is 17.4 Å². The van der Waals surface area contributed by atoms with Crippen LogP contribution in [0.1, 0.15) is 32.1 Å². The Labute approximate surface area is 101 Å². The molecule has 3 nitrogen and oxygen atoms in total. The van der Waals surface area contributed by atoms with Crippen LogP contribution in [0.4, 0.5) is 5.82 Å². The van der Waals surface area contributed by atoms with Crippen LogP contribution in [0.15, 0.2) is 24.0 Å². The highest BCUT2D eigenvalue weighted by Gasteiger charge is 2.04. The fourth-order valence-corrected chi connectivity index (χ4v) is 2.08. The van der Waals surface area contributed by atoms with E-state index in [0.29, 0.717) is 11.0 Å². The number of nitrogens with one attached hydrogen (secondary N) is 1. The molecule has 86 valence electrons. The Balaban J connectivity index is 1.80. The number of anilines is 1. The summed E-state index contributed by atoms with van der Waals surface area (Å²) in [6, 6.07) is 0. The first-order valence-corrected chi connectivity index (χ1v) is 6.12. The van der Waals surface area contributed by atoms with Crippen molar-refractivity contribution in [2.75, 3.05) is 11.9 Å². The van der Waals surface area contributed by atoms with Crippen molar-refractivity contribution in [3.05, 3.63) is 29.2 Å². The smallest absolute Gasteiger partial charge is 0.171 e. The van der Waals surface area contributed by atoms with Crippen molar-refractivity contribution in [3.63, 3.8) is 0 Å². The van der Waals surface area contributed by atoms with E-state index < -0.39 is 0 Å². The molecule has 0 aromatic carbocycles. The number of hydrogen-bond acceptors (Lipinski definition) is 3. The zero-order valence-electron chi connectivity index (χ0n) is 9.25. The molecule has 1 aliphatic carbocycles. The highest BCUT2D eigenvalue weighted by Crippen LogP contribution is 2.20. The molecular formula is C12H16ClN3.